The average Bonchev–Trinajstić information content (AvgIpc) is 2.83. The molecular formula is C15H26N2O. The molecule has 3 rings (SSSR count). The van der Waals surface area contributed by atoms with E-state index in [4.69, 9.17) is 0 Å². The van der Waals surface area contributed by atoms with E-state index >= 15 is 0 Å². The molecular weight excluding hydrogens is 224 g/mol. The van der Waals surface area contributed by atoms with E-state index in [9.17, 15) is 4.79 Å². The zero-order chi connectivity index (χ0) is 12.5. The molecule has 0 aromatic carbocycles. The molecule has 0 radical (unpaired) electrons. The molecule has 3 nitrogen and oxygen atoms in total. The Hall–Kier alpha value is -0.410. The van der Waals surface area contributed by atoms with Crippen LogP contribution in [0.4, 0.5) is 0 Å². The maximum absolute atomic E-state index is 11.7. The number of Topliss-reactive ketones (excluding diaryl/α,β-unsaturated/α-hetero) is 1. The van der Waals surface area contributed by atoms with Gasteiger partial charge < -0.3 is 0 Å². The highest BCUT2D eigenvalue weighted by molar-refractivity contribution is 5.80. The molecule has 3 aliphatic heterocycles. The Morgan fingerprint density at radius 3 is 2.33 bits per heavy atom. The Labute approximate surface area is 111 Å². The normalized spacial score (nSPS) is 35.9. The summed E-state index contributed by atoms with van der Waals surface area (Å²) in [5.74, 6) is 0.509. The van der Waals surface area contributed by atoms with Crippen LogP contribution in [0.2, 0.25) is 0 Å². The molecule has 3 unspecified atom stereocenters. The largest absolute Gasteiger partial charge is 0.300 e. The SMILES string of the molecule is CC(CN1C2CCCC1CC(=O)C2)N1CCCC1. The van der Waals surface area contributed by atoms with E-state index in [1.54, 1.807) is 0 Å². The number of fused-ring (bicyclic) bond motifs is 2. The summed E-state index contributed by atoms with van der Waals surface area (Å²) in [5, 5.41) is 0. The number of piperidine rings is 2. The molecule has 0 saturated carbocycles. The summed E-state index contributed by atoms with van der Waals surface area (Å²) in [6, 6.07) is 1.80. The van der Waals surface area contributed by atoms with Crippen molar-refractivity contribution in [2.75, 3.05) is 19.6 Å². The van der Waals surface area contributed by atoms with E-state index in [-0.39, 0.29) is 0 Å². The van der Waals surface area contributed by atoms with Crippen LogP contribution in [0.25, 0.3) is 0 Å². The lowest BCUT2D eigenvalue weighted by Crippen LogP contribution is -2.56. The van der Waals surface area contributed by atoms with E-state index in [1.165, 1.54) is 51.7 Å². The number of likely N-dealkylation sites (tertiary alicyclic amines) is 1. The van der Waals surface area contributed by atoms with Gasteiger partial charge >= 0.3 is 0 Å². The van der Waals surface area contributed by atoms with Crippen LogP contribution in [0.15, 0.2) is 0 Å². The second-order valence-electron chi connectivity index (χ2n) is 6.47. The number of hydrogen-bond donors (Lipinski definition) is 0. The van der Waals surface area contributed by atoms with E-state index in [2.05, 4.69) is 16.7 Å². The maximum atomic E-state index is 11.7. The monoisotopic (exact) mass is 250 g/mol. The molecule has 3 atom stereocenters. The summed E-state index contributed by atoms with van der Waals surface area (Å²) in [7, 11) is 0. The smallest absolute Gasteiger partial charge is 0.136 e. The van der Waals surface area contributed by atoms with Gasteiger partial charge in [0, 0.05) is 37.5 Å². The highest BCUT2D eigenvalue weighted by Gasteiger charge is 2.38. The predicted molar refractivity (Wildman–Crippen MR) is 72.6 cm³/mol. The fraction of sp³-hybridized carbons (Fsp3) is 0.933. The average molecular weight is 250 g/mol. The minimum Gasteiger partial charge on any atom is -0.300 e. The van der Waals surface area contributed by atoms with Gasteiger partial charge in [0.15, 0.2) is 0 Å². The van der Waals surface area contributed by atoms with Crippen molar-refractivity contribution < 1.29 is 4.79 Å². The summed E-state index contributed by atoms with van der Waals surface area (Å²) in [4.78, 5) is 17.0. The first-order valence-electron chi connectivity index (χ1n) is 7.75. The van der Waals surface area contributed by atoms with Gasteiger partial charge in [-0.15, -0.1) is 0 Å². The lowest BCUT2D eigenvalue weighted by Gasteiger charge is -2.47. The third kappa shape index (κ3) is 2.48. The van der Waals surface area contributed by atoms with E-state index in [1.807, 2.05) is 0 Å². The van der Waals surface area contributed by atoms with Crippen molar-refractivity contribution in [2.24, 2.45) is 0 Å². The number of rotatable bonds is 3. The van der Waals surface area contributed by atoms with E-state index < -0.39 is 0 Å². The van der Waals surface area contributed by atoms with E-state index in [0.29, 0.717) is 23.9 Å². The molecule has 3 aliphatic rings. The zero-order valence-electron chi connectivity index (χ0n) is 11.6. The lowest BCUT2D eigenvalue weighted by atomic mass is 9.83. The van der Waals surface area contributed by atoms with Crippen LogP contribution < -0.4 is 0 Å². The highest BCUT2D eigenvalue weighted by atomic mass is 16.1. The van der Waals surface area contributed by atoms with Crippen LogP contribution in [0.1, 0.15) is 51.9 Å². The number of nitrogens with zero attached hydrogens (tertiary/aromatic N) is 2. The van der Waals surface area contributed by atoms with Crippen molar-refractivity contribution >= 4 is 5.78 Å². The summed E-state index contributed by atoms with van der Waals surface area (Å²) in [5.41, 5.74) is 0. The van der Waals surface area contributed by atoms with Crippen molar-refractivity contribution in [1.82, 2.24) is 9.80 Å². The van der Waals surface area contributed by atoms with Crippen molar-refractivity contribution in [1.29, 1.82) is 0 Å². The molecule has 0 N–H and O–H groups in total. The molecule has 3 heteroatoms. The Morgan fingerprint density at radius 2 is 1.72 bits per heavy atom. The van der Waals surface area contributed by atoms with Crippen LogP contribution in [0, 0.1) is 0 Å². The molecule has 3 saturated heterocycles. The molecule has 3 fully saturated rings. The number of ketones is 1. The van der Waals surface area contributed by atoms with Crippen molar-refractivity contribution in [3.63, 3.8) is 0 Å². The van der Waals surface area contributed by atoms with Gasteiger partial charge in [0.05, 0.1) is 0 Å². The molecule has 0 aromatic rings. The van der Waals surface area contributed by atoms with Crippen LogP contribution in [0.3, 0.4) is 0 Å². The Kier molecular flexibility index (Phi) is 3.71. The number of carbonyl (C=O) groups excluding carboxylic acids is 1. The van der Waals surface area contributed by atoms with Crippen molar-refractivity contribution in [3.05, 3.63) is 0 Å². The van der Waals surface area contributed by atoms with Crippen LogP contribution in [0.5, 0.6) is 0 Å². The summed E-state index contributed by atoms with van der Waals surface area (Å²) < 4.78 is 0. The van der Waals surface area contributed by atoms with Gasteiger partial charge in [0.1, 0.15) is 5.78 Å². The van der Waals surface area contributed by atoms with Gasteiger partial charge in [-0.05, 0) is 45.7 Å². The maximum Gasteiger partial charge on any atom is 0.136 e. The first-order chi connectivity index (χ1) is 8.74. The summed E-state index contributed by atoms with van der Waals surface area (Å²) >= 11 is 0. The van der Waals surface area contributed by atoms with Gasteiger partial charge in [-0.25, -0.2) is 0 Å². The molecule has 102 valence electrons. The van der Waals surface area contributed by atoms with Crippen LogP contribution in [-0.4, -0.2) is 53.3 Å². The minimum atomic E-state index is 0.509. The van der Waals surface area contributed by atoms with Gasteiger partial charge in [-0.1, -0.05) is 6.42 Å². The van der Waals surface area contributed by atoms with E-state index in [0.717, 1.165) is 12.8 Å². The van der Waals surface area contributed by atoms with Crippen LogP contribution >= 0.6 is 0 Å². The molecule has 0 aliphatic carbocycles. The molecule has 0 amide bonds. The second kappa shape index (κ2) is 5.30. The van der Waals surface area contributed by atoms with Crippen LogP contribution in [-0.2, 0) is 4.79 Å². The predicted octanol–water partition coefficient (Wildman–Crippen LogP) is 2.06. The van der Waals surface area contributed by atoms with Gasteiger partial charge in [-0.2, -0.15) is 0 Å². The minimum absolute atomic E-state index is 0.509. The molecule has 18 heavy (non-hydrogen) atoms. The summed E-state index contributed by atoms with van der Waals surface area (Å²) in [6.07, 6.45) is 8.21. The Morgan fingerprint density at radius 1 is 1.11 bits per heavy atom. The second-order valence-corrected chi connectivity index (χ2v) is 6.47. The third-order valence-corrected chi connectivity index (χ3v) is 5.18. The molecule has 2 bridgehead atoms. The van der Waals surface area contributed by atoms with Gasteiger partial charge in [0.2, 0.25) is 0 Å². The Balaban J connectivity index is 1.62. The highest BCUT2D eigenvalue weighted by Crippen LogP contribution is 2.32. The number of hydrogen-bond acceptors (Lipinski definition) is 3. The molecule has 0 spiro atoms. The fourth-order valence-corrected chi connectivity index (χ4v) is 4.17. The zero-order valence-corrected chi connectivity index (χ0v) is 11.6. The van der Waals surface area contributed by atoms with Crippen molar-refractivity contribution in [2.45, 2.75) is 70.0 Å². The Bertz CT molecular complexity index is 296. The lowest BCUT2D eigenvalue weighted by molar-refractivity contribution is -0.127. The summed E-state index contributed by atoms with van der Waals surface area (Å²) in [6.45, 7) is 6.12. The molecule has 3 heterocycles. The topological polar surface area (TPSA) is 23.6 Å². The van der Waals surface area contributed by atoms with Gasteiger partial charge in [0.25, 0.3) is 0 Å². The number of carbonyl (C=O) groups is 1. The first kappa shape index (κ1) is 12.6. The first-order valence-corrected chi connectivity index (χ1v) is 7.75. The quantitative estimate of drug-likeness (QED) is 0.766. The fourth-order valence-electron chi connectivity index (χ4n) is 4.17. The van der Waals surface area contributed by atoms with Gasteiger partial charge in [-0.3, -0.25) is 14.6 Å². The molecule has 0 aromatic heterocycles. The third-order valence-electron chi connectivity index (χ3n) is 5.18. The van der Waals surface area contributed by atoms with Crippen molar-refractivity contribution in [3.8, 4) is 0 Å². The standard InChI is InChI=1S/C15H26N2O/c1-12(16-7-2-3-8-16)11-17-13-5-4-6-14(17)10-15(18)9-13/h12-14H,2-11H2,1H3.